The lowest BCUT2D eigenvalue weighted by molar-refractivity contribution is -0.129. The molecule has 0 saturated heterocycles. The van der Waals surface area contributed by atoms with Gasteiger partial charge in [0.1, 0.15) is 0 Å². The Labute approximate surface area is 143 Å². The van der Waals surface area contributed by atoms with Gasteiger partial charge in [-0.25, -0.2) is 0 Å². The lowest BCUT2D eigenvalue weighted by Gasteiger charge is -2.26. The smallest absolute Gasteiger partial charge is 0.290 e. The van der Waals surface area contributed by atoms with Crippen molar-refractivity contribution in [1.82, 2.24) is 9.80 Å². The summed E-state index contributed by atoms with van der Waals surface area (Å²) < 4.78 is 5.16. The van der Waals surface area contributed by atoms with Crippen molar-refractivity contribution in [2.75, 3.05) is 27.2 Å². The van der Waals surface area contributed by atoms with Crippen LogP contribution in [-0.2, 0) is 4.79 Å². The van der Waals surface area contributed by atoms with Crippen molar-refractivity contribution in [1.29, 1.82) is 0 Å². The van der Waals surface area contributed by atoms with Crippen LogP contribution in [0.3, 0.4) is 0 Å². The zero-order chi connectivity index (χ0) is 17.3. The van der Waals surface area contributed by atoms with Gasteiger partial charge >= 0.3 is 0 Å². The monoisotopic (exact) mass is 346 g/mol. The number of hydrogen-bond donors (Lipinski definition) is 1. The van der Waals surface area contributed by atoms with Crippen LogP contribution < -0.4 is 0 Å². The summed E-state index contributed by atoms with van der Waals surface area (Å²) in [5, 5.41) is 12.2. The summed E-state index contributed by atoms with van der Waals surface area (Å²) in [5.41, 5.74) is 0.0798. The Hall–Kier alpha value is -2.38. The van der Waals surface area contributed by atoms with Gasteiger partial charge in [-0.1, -0.05) is 6.07 Å². The van der Waals surface area contributed by atoms with E-state index < -0.39 is 23.5 Å². The molecule has 1 aliphatic rings. The number of nitrogens with zero attached hydrogens (tertiary/aromatic N) is 2. The number of hydrogen-bond acceptors (Lipinski definition) is 6. The Kier molecular flexibility index (Phi) is 4.55. The molecule has 1 N–H and O–H groups in total. The number of carbonyl (C=O) groups is 2. The summed E-state index contributed by atoms with van der Waals surface area (Å²) in [5.74, 6) is -1.37. The summed E-state index contributed by atoms with van der Waals surface area (Å²) in [7, 11) is 3.81. The molecule has 0 unspecified atom stereocenters. The van der Waals surface area contributed by atoms with Gasteiger partial charge in [-0.3, -0.25) is 9.59 Å². The van der Waals surface area contributed by atoms with Crippen LogP contribution in [0.4, 0.5) is 0 Å². The van der Waals surface area contributed by atoms with Gasteiger partial charge in [0.2, 0.25) is 5.78 Å². The van der Waals surface area contributed by atoms with Crippen LogP contribution in [0.1, 0.15) is 21.5 Å². The molecule has 126 valence electrons. The standard InChI is InChI=1S/C17H18N2O4S/c1-18(2)7-8-19-14(12-6-4-10-24-12)13(16(21)17(19)22)15(20)11-5-3-9-23-11/h3-6,9-10,14,21H,7-8H2,1-2H3/t14-/m0/s1. The minimum atomic E-state index is -0.588. The highest BCUT2D eigenvalue weighted by atomic mass is 32.1. The molecule has 2 aromatic heterocycles. The molecular formula is C17H18N2O4S. The van der Waals surface area contributed by atoms with E-state index in [2.05, 4.69) is 0 Å². The van der Waals surface area contributed by atoms with E-state index in [1.807, 2.05) is 36.5 Å². The lowest BCUT2D eigenvalue weighted by Crippen LogP contribution is -2.36. The molecule has 0 radical (unpaired) electrons. The van der Waals surface area contributed by atoms with Crippen LogP contribution in [0.2, 0.25) is 0 Å². The number of furan rings is 1. The minimum Gasteiger partial charge on any atom is -0.503 e. The predicted molar refractivity (Wildman–Crippen MR) is 90.0 cm³/mol. The third-order valence-electron chi connectivity index (χ3n) is 3.89. The zero-order valence-electron chi connectivity index (χ0n) is 13.4. The normalized spacial score (nSPS) is 18.0. The van der Waals surface area contributed by atoms with Crippen molar-refractivity contribution in [3.63, 3.8) is 0 Å². The topological polar surface area (TPSA) is 74.0 Å². The van der Waals surface area contributed by atoms with E-state index in [1.165, 1.54) is 28.6 Å². The van der Waals surface area contributed by atoms with Crippen molar-refractivity contribution in [3.8, 4) is 0 Å². The summed E-state index contributed by atoms with van der Waals surface area (Å²) in [6, 6.07) is 6.26. The average Bonchev–Trinajstić information content (AvgIpc) is 3.27. The van der Waals surface area contributed by atoms with Crippen LogP contribution in [-0.4, -0.2) is 53.8 Å². The second kappa shape index (κ2) is 6.62. The fourth-order valence-corrected chi connectivity index (χ4v) is 3.55. The number of likely N-dealkylation sites (N-methyl/N-ethyl adjacent to an activating group) is 1. The molecule has 0 bridgehead atoms. The molecule has 0 spiro atoms. The van der Waals surface area contributed by atoms with Crippen LogP contribution in [0.25, 0.3) is 0 Å². The number of rotatable bonds is 6. The van der Waals surface area contributed by atoms with Gasteiger partial charge in [0.15, 0.2) is 11.5 Å². The maximum absolute atomic E-state index is 12.8. The number of ketones is 1. The SMILES string of the molecule is CN(C)CCN1C(=O)C(O)=C(C(=O)c2ccco2)[C@@H]1c1cccs1. The molecule has 7 heteroatoms. The number of aliphatic hydroxyl groups excluding tert-OH is 1. The van der Waals surface area contributed by atoms with E-state index in [0.717, 1.165) is 4.88 Å². The zero-order valence-corrected chi connectivity index (χ0v) is 14.2. The minimum absolute atomic E-state index is 0.0798. The van der Waals surface area contributed by atoms with Gasteiger partial charge in [-0.2, -0.15) is 0 Å². The van der Waals surface area contributed by atoms with Crippen molar-refractivity contribution in [2.45, 2.75) is 6.04 Å². The van der Waals surface area contributed by atoms with E-state index in [0.29, 0.717) is 13.1 Å². The third kappa shape index (κ3) is 2.88. The number of aliphatic hydroxyl groups is 1. The molecule has 0 fully saturated rings. The Morgan fingerprint density at radius 2 is 2.17 bits per heavy atom. The second-order valence-electron chi connectivity index (χ2n) is 5.79. The van der Waals surface area contributed by atoms with Gasteiger partial charge in [0.05, 0.1) is 17.9 Å². The van der Waals surface area contributed by atoms with Gasteiger partial charge in [-0.05, 0) is 37.7 Å². The van der Waals surface area contributed by atoms with Crippen LogP contribution in [0.5, 0.6) is 0 Å². The molecule has 1 amide bonds. The van der Waals surface area contributed by atoms with E-state index >= 15 is 0 Å². The van der Waals surface area contributed by atoms with Gasteiger partial charge in [-0.15, -0.1) is 11.3 Å². The number of thiophene rings is 1. The van der Waals surface area contributed by atoms with E-state index in [-0.39, 0.29) is 11.3 Å². The van der Waals surface area contributed by atoms with Gasteiger partial charge < -0.3 is 19.3 Å². The molecule has 0 saturated carbocycles. The van der Waals surface area contributed by atoms with Gasteiger partial charge in [0.25, 0.3) is 5.91 Å². The Balaban J connectivity index is 2.01. The Morgan fingerprint density at radius 3 is 2.75 bits per heavy atom. The Morgan fingerprint density at radius 1 is 1.38 bits per heavy atom. The van der Waals surface area contributed by atoms with Crippen LogP contribution in [0, 0.1) is 0 Å². The van der Waals surface area contributed by atoms with Gasteiger partial charge in [0, 0.05) is 18.0 Å². The largest absolute Gasteiger partial charge is 0.503 e. The van der Waals surface area contributed by atoms with Crippen molar-refractivity contribution in [2.24, 2.45) is 0 Å². The molecule has 1 aliphatic heterocycles. The quantitative estimate of drug-likeness (QED) is 0.814. The van der Waals surface area contributed by atoms with Crippen molar-refractivity contribution in [3.05, 3.63) is 57.9 Å². The molecule has 3 heterocycles. The van der Waals surface area contributed by atoms with E-state index in [9.17, 15) is 14.7 Å². The highest BCUT2D eigenvalue weighted by Crippen LogP contribution is 2.40. The van der Waals surface area contributed by atoms with Crippen molar-refractivity contribution < 1.29 is 19.1 Å². The molecule has 0 aliphatic carbocycles. The first-order chi connectivity index (χ1) is 11.5. The highest BCUT2D eigenvalue weighted by Gasteiger charge is 2.44. The highest BCUT2D eigenvalue weighted by molar-refractivity contribution is 7.10. The summed E-state index contributed by atoms with van der Waals surface area (Å²) >= 11 is 1.45. The number of amides is 1. The predicted octanol–water partition coefficient (Wildman–Crippen LogP) is 2.48. The van der Waals surface area contributed by atoms with E-state index in [4.69, 9.17) is 4.42 Å². The van der Waals surface area contributed by atoms with E-state index in [1.54, 1.807) is 6.07 Å². The number of Topliss-reactive ketones (excluding diaryl/α,β-unsaturated/α-hetero) is 1. The fraction of sp³-hybridized carbons (Fsp3) is 0.294. The average molecular weight is 346 g/mol. The maximum Gasteiger partial charge on any atom is 0.290 e. The first-order valence-electron chi connectivity index (χ1n) is 7.51. The first-order valence-corrected chi connectivity index (χ1v) is 8.39. The molecule has 6 nitrogen and oxygen atoms in total. The Bertz CT molecular complexity index is 763. The second-order valence-corrected chi connectivity index (χ2v) is 6.77. The molecule has 1 atom stereocenters. The first kappa shape index (κ1) is 16.5. The molecular weight excluding hydrogens is 328 g/mol. The third-order valence-corrected chi connectivity index (χ3v) is 4.82. The molecule has 3 rings (SSSR count). The summed E-state index contributed by atoms with van der Waals surface area (Å²) in [6.45, 7) is 1.04. The maximum atomic E-state index is 12.8. The molecule has 24 heavy (non-hydrogen) atoms. The number of carbonyl (C=O) groups excluding carboxylic acids is 2. The summed E-state index contributed by atoms with van der Waals surface area (Å²) in [6.07, 6.45) is 1.39. The van der Waals surface area contributed by atoms with Crippen LogP contribution >= 0.6 is 11.3 Å². The van der Waals surface area contributed by atoms with Crippen molar-refractivity contribution >= 4 is 23.0 Å². The lowest BCUT2D eigenvalue weighted by atomic mass is 10.0. The molecule has 0 aromatic carbocycles. The summed E-state index contributed by atoms with van der Waals surface area (Å²) in [4.78, 5) is 29.6. The van der Waals surface area contributed by atoms with Crippen LogP contribution in [0.15, 0.2) is 51.7 Å². The fourth-order valence-electron chi connectivity index (χ4n) is 2.71. The molecule has 2 aromatic rings.